The van der Waals surface area contributed by atoms with E-state index in [1.807, 2.05) is 5.32 Å². The van der Waals surface area contributed by atoms with E-state index in [1.54, 1.807) is 0 Å². The first kappa shape index (κ1) is 15.3. The predicted molar refractivity (Wildman–Crippen MR) is 55.3 cm³/mol. The fraction of sp³-hybridized carbons (Fsp3) is 0.600. The van der Waals surface area contributed by atoms with Gasteiger partial charge in [0.15, 0.2) is 5.60 Å². The van der Waals surface area contributed by atoms with Gasteiger partial charge in [0.1, 0.15) is 12.1 Å². The topological polar surface area (TPSA) is 95.9 Å². The van der Waals surface area contributed by atoms with Crippen LogP contribution in [0.15, 0.2) is 12.7 Å². The van der Waals surface area contributed by atoms with Gasteiger partial charge in [-0.25, -0.2) is 9.59 Å². The van der Waals surface area contributed by atoms with Crippen LogP contribution in [-0.2, 0) is 9.53 Å². The zero-order valence-electron chi connectivity index (χ0n) is 9.66. The Morgan fingerprint density at radius 1 is 1.42 bits per heavy atom. The Morgan fingerprint density at radius 3 is 2.32 bits per heavy atom. The number of nitrogens with one attached hydrogen (secondary N) is 1. The Bertz CT molecular complexity index is 400. The fourth-order valence-corrected chi connectivity index (χ4v) is 1.81. The summed E-state index contributed by atoms with van der Waals surface area (Å²) in [5.41, 5.74) is -5.29. The highest BCUT2D eigenvalue weighted by Crippen LogP contribution is 2.50. The zero-order chi connectivity index (χ0) is 14.9. The van der Waals surface area contributed by atoms with Crippen molar-refractivity contribution >= 4 is 12.1 Å². The Balaban J connectivity index is 2.75. The number of carboxylic acids is 1. The molecule has 1 rings (SSSR count). The molecule has 108 valence electrons. The lowest BCUT2D eigenvalue weighted by Gasteiger charge is -2.50. The van der Waals surface area contributed by atoms with Crippen LogP contribution in [0.25, 0.3) is 0 Å². The molecule has 0 bridgehead atoms. The van der Waals surface area contributed by atoms with Gasteiger partial charge < -0.3 is 20.3 Å². The highest BCUT2D eigenvalue weighted by Gasteiger charge is 2.70. The van der Waals surface area contributed by atoms with Crippen LogP contribution >= 0.6 is 0 Å². The molecule has 0 aromatic heterocycles. The molecule has 1 aliphatic rings. The van der Waals surface area contributed by atoms with E-state index in [4.69, 9.17) is 5.11 Å². The Labute approximate surface area is 105 Å². The highest BCUT2D eigenvalue weighted by molar-refractivity contribution is 5.86. The average Bonchev–Trinajstić information content (AvgIpc) is 2.21. The number of halogens is 3. The van der Waals surface area contributed by atoms with Gasteiger partial charge in [0.25, 0.3) is 0 Å². The zero-order valence-corrected chi connectivity index (χ0v) is 9.66. The van der Waals surface area contributed by atoms with Crippen LogP contribution in [0.1, 0.15) is 12.8 Å². The first-order chi connectivity index (χ1) is 8.56. The summed E-state index contributed by atoms with van der Waals surface area (Å²) < 4.78 is 41.7. The summed E-state index contributed by atoms with van der Waals surface area (Å²) in [5.74, 6) is -1.67. The van der Waals surface area contributed by atoms with Crippen molar-refractivity contribution in [3.8, 4) is 0 Å². The van der Waals surface area contributed by atoms with Crippen molar-refractivity contribution in [3.05, 3.63) is 12.7 Å². The molecular weight excluding hydrogens is 271 g/mol. The van der Waals surface area contributed by atoms with Crippen LogP contribution in [0.3, 0.4) is 0 Å². The Kier molecular flexibility index (Phi) is 3.80. The van der Waals surface area contributed by atoms with Crippen LogP contribution in [0, 0.1) is 0 Å². The van der Waals surface area contributed by atoms with Crippen molar-refractivity contribution in [3.63, 3.8) is 0 Å². The number of rotatable bonds is 4. The van der Waals surface area contributed by atoms with E-state index in [0.717, 1.165) is 0 Å². The Morgan fingerprint density at radius 2 is 1.95 bits per heavy atom. The van der Waals surface area contributed by atoms with Gasteiger partial charge in [0.05, 0.1) is 0 Å². The number of alkyl carbamates (subject to hydrolysis) is 1. The number of alkyl halides is 3. The third-order valence-corrected chi connectivity index (χ3v) is 2.80. The molecule has 0 aliphatic heterocycles. The lowest BCUT2D eigenvalue weighted by atomic mass is 9.64. The van der Waals surface area contributed by atoms with Crippen molar-refractivity contribution in [2.75, 3.05) is 6.61 Å². The maximum Gasteiger partial charge on any atom is 0.417 e. The number of ether oxygens (including phenoxy) is 1. The average molecular weight is 283 g/mol. The smallest absolute Gasteiger partial charge is 0.417 e. The molecule has 1 fully saturated rings. The monoisotopic (exact) mass is 283 g/mol. The van der Waals surface area contributed by atoms with Gasteiger partial charge in [0.2, 0.25) is 0 Å². The molecule has 6 nitrogen and oxygen atoms in total. The van der Waals surface area contributed by atoms with Gasteiger partial charge in [-0.05, 0) is 0 Å². The molecule has 0 heterocycles. The number of aliphatic hydroxyl groups is 1. The van der Waals surface area contributed by atoms with E-state index in [9.17, 15) is 27.9 Å². The molecule has 0 unspecified atom stereocenters. The largest absolute Gasteiger partial charge is 0.479 e. The maximum atomic E-state index is 12.4. The molecule has 1 saturated carbocycles. The molecule has 3 N–H and O–H groups in total. The third kappa shape index (κ3) is 2.80. The minimum absolute atomic E-state index is 0.217. The van der Waals surface area contributed by atoms with E-state index >= 15 is 0 Å². The first-order valence-electron chi connectivity index (χ1n) is 5.15. The molecule has 0 atom stereocenters. The second-order valence-corrected chi connectivity index (χ2v) is 4.28. The summed E-state index contributed by atoms with van der Waals surface area (Å²) in [6.45, 7) is 3.03. The minimum Gasteiger partial charge on any atom is -0.479 e. The van der Waals surface area contributed by atoms with Gasteiger partial charge in [0, 0.05) is 12.8 Å². The quantitative estimate of drug-likeness (QED) is 0.663. The van der Waals surface area contributed by atoms with Crippen molar-refractivity contribution < 1.29 is 37.7 Å². The number of carboxylic acid groups (broad SMARTS) is 1. The van der Waals surface area contributed by atoms with Gasteiger partial charge in [-0.2, -0.15) is 13.2 Å². The lowest BCUT2D eigenvalue weighted by molar-refractivity contribution is -0.303. The molecular formula is C10H12F3NO5. The summed E-state index contributed by atoms with van der Waals surface area (Å²) in [4.78, 5) is 22.1. The number of aliphatic carboxylic acids is 1. The lowest BCUT2D eigenvalue weighted by Crippen LogP contribution is -2.73. The second kappa shape index (κ2) is 4.72. The van der Waals surface area contributed by atoms with Crippen molar-refractivity contribution in [2.45, 2.75) is 30.2 Å². The van der Waals surface area contributed by atoms with Crippen LogP contribution < -0.4 is 5.32 Å². The van der Waals surface area contributed by atoms with E-state index in [-0.39, 0.29) is 6.61 Å². The summed E-state index contributed by atoms with van der Waals surface area (Å²) in [5, 5.41) is 19.9. The standard InChI is InChI=1S/C10H12F3NO5/c1-2-3-19-7(17)14-8(6(15)16)4-9(18,5-8)10(11,12)13/h2,18H,1,3-5H2,(H,14,17)(H,15,16). The van der Waals surface area contributed by atoms with Crippen LogP contribution in [0.2, 0.25) is 0 Å². The molecule has 0 radical (unpaired) electrons. The molecule has 9 heteroatoms. The highest BCUT2D eigenvalue weighted by atomic mass is 19.4. The number of carbonyl (C=O) groups excluding carboxylic acids is 1. The summed E-state index contributed by atoms with van der Waals surface area (Å²) in [6, 6.07) is 0. The van der Waals surface area contributed by atoms with E-state index in [1.165, 1.54) is 6.08 Å². The minimum atomic E-state index is -4.96. The van der Waals surface area contributed by atoms with Gasteiger partial charge in [-0.15, -0.1) is 0 Å². The maximum absolute atomic E-state index is 12.4. The van der Waals surface area contributed by atoms with Crippen molar-refractivity contribution in [1.29, 1.82) is 0 Å². The van der Waals surface area contributed by atoms with Crippen molar-refractivity contribution in [1.82, 2.24) is 5.32 Å². The Hall–Kier alpha value is -1.77. The first-order valence-corrected chi connectivity index (χ1v) is 5.15. The number of hydrogen-bond donors (Lipinski definition) is 3. The van der Waals surface area contributed by atoms with Gasteiger partial charge in [-0.1, -0.05) is 12.7 Å². The predicted octanol–water partition coefficient (Wildman–Crippen LogP) is 0.809. The fourth-order valence-electron chi connectivity index (χ4n) is 1.81. The van der Waals surface area contributed by atoms with E-state index in [2.05, 4.69) is 11.3 Å². The van der Waals surface area contributed by atoms with Gasteiger partial charge in [-0.3, -0.25) is 0 Å². The summed E-state index contributed by atoms with van der Waals surface area (Å²) in [6.07, 6.45) is -7.27. The van der Waals surface area contributed by atoms with Crippen LogP contribution in [0.4, 0.5) is 18.0 Å². The number of hydrogen-bond acceptors (Lipinski definition) is 4. The van der Waals surface area contributed by atoms with Gasteiger partial charge >= 0.3 is 18.2 Å². The van der Waals surface area contributed by atoms with E-state index in [0.29, 0.717) is 0 Å². The van der Waals surface area contributed by atoms with E-state index < -0.39 is 42.2 Å². The number of carbonyl (C=O) groups is 2. The summed E-state index contributed by atoms with van der Waals surface area (Å²) >= 11 is 0. The number of amides is 1. The van der Waals surface area contributed by atoms with Crippen molar-refractivity contribution in [2.24, 2.45) is 0 Å². The third-order valence-electron chi connectivity index (χ3n) is 2.80. The molecule has 1 amide bonds. The molecule has 0 aromatic carbocycles. The molecule has 0 aromatic rings. The SMILES string of the molecule is C=CCOC(=O)NC1(C(=O)O)CC(O)(C(F)(F)F)C1. The molecule has 0 saturated heterocycles. The molecule has 1 aliphatic carbocycles. The van der Waals surface area contributed by atoms with Crippen LogP contribution in [-0.4, -0.2) is 46.2 Å². The second-order valence-electron chi connectivity index (χ2n) is 4.28. The van der Waals surface area contributed by atoms with Crippen LogP contribution in [0.5, 0.6) is 0 Å². The summed E-state index contributed by atoms with van der Waals surface area (Å²) in [7, 11) is 0. The molecule has 0 spiro atoms. The molecule has 19 heavy (non-hydrogen) atoms. The normalized spacial score (nSPS) is 30.1.